The van der Waals surface area contributed by atoms with Crippen molar-refractivity contribution >= 4 is 34.2 Å². The number of fused-ring (bicyclic) bond motifs is 1. The number of carbonyl (C=O) groups excluding carboxylic acids is 1. The van der Waals surface area contributed by atoms with Crippen molar-refractivity contribution in [1.29, 1.82) is 0 Å². The second-order valence-electron chi connectivity index (χ2n) is 8.37. The molecule has 0 N–H and O–H groups in total. The molecule has 0 radical (unpaired) electrons. The highest BCUT2D eigenvalue weighted by Gasteiger charge is 2.34. The van der Waals surface area contributed by atoms with Crippen LogP contribution in [0.2, 0.25) is 5.02 Å². The summed E-state index contributed by atoms with van der Waals surface area (Å²) < 4.78 is 13.4. The minimum Gasteiger partial charge on any atom is -0.497 e. The van der Waals surface area contributed by atoms with Crippen LogP contribution in [-0.4, -0.2) is 35.7 Å². The number of hydrogen-bond acceptors (Lipinski definition) is 4. The first kappa shape index (κ1) is 22.3. The van der Waals surface area contributed by atoms with E-state index < -0.39 is 0 Å². The number of ether oxygens (including phenoxy) is 2. The van der Waals surface area contributed by atoms with Crippen molar-refractivity contribution in [2.24, 2.45) is 0 Å². The van der Waals surface area contributed by atoms with Crippen molar-refractivity contribution in [1.82, 2.24) is 9.55 Å². The zero-order chi connectivity index (χ0) is 23.5. The summed E-state index contributed by atoms with van der Waals surface area (Å²) >= 11 is 6.03. The van der Waals surface area contributed by atoms with E-state index in [4.69, 9.17) is 26.1 Å². The average molecular weight is 476 g/mol. The van der Waals surface area contributed by atoms with E-state index in [0.29, 0.717) is 24.6 Å². The largest absolute Gasteiger partial charge is 0.497 e. The van der Waals surface area contributed by atoms with Crippen LogP contribution in [0.4, 0.5) is 5.69 Å². The molecule has 0 saturated carbocycles. The summed E-state index contributed by atoms with van der Waals surface area (Å²) in [5, 5.41) is 0.657. The Labute approximate surface area is 203 Å². The Morgan fingerprint density at radius 3 is 2.65 bits per heavy atom. The number of benzene rings is 3. The smallest absolute Gasteiger partial charge is 0.227 e. The molecule has 0 aliphatic carbocycles. The lowest BCUT2D eigenvalue weighted by Crippen LogP contribution is -2.24. The second kappa shape index (κ2) is 9.77. The summed E-state index contributed by atoms with van der Waals surface area (Å²) in [6.45, 7) is 1.93. The molecule has 1 amide bonds. The minimum absolute atomic E-state index is 0.0230. The lowest BCUT2D eigenvalue weighted by Gasteiger charge is -2.17. The van der Waals surface area contributed by atoms with E-state index in [1.54, 1.807) is 7.11 Å². The Bertz CT molecular complexity index is 1300. The average Bonchev–Trinajstić information content (AvgIpc) is 3.43. The third-order valence-corrected chi connectivity index (χ3v) is 6.40. The van der Waals surface area contributed by atoms with Gasteiger partial charge in [0.25, 0.3) is 0 Å². The zero-order valence-corrected chi connectivity index (χ0v) is 19.7. The first-order valence-corrected chi connectivity index (χ1v) is 11.8. The van der Waals surface area contributed by atoms with Crippen molar-refractivity contribution in [3.8, 4) is 11.5 Å². The van der Waals surface area contributed by atoms with Crippen molar-refractivity contribution in [3.05, 3.63) is 83.6 Å². The number of halogens is 1. The molecule has 174 valence electrons. The summed E-state index contributed by atoms with van der Waals surface area (Å²) in [5.74, 6) is 2.64. The van der Waals surface area contributed by atoms with E-state index in [-0.39, 0.29) is 11.8 Å². The van der Waals surface area contributed by atoms with Gasteiger partial charge in [-0.25, -0.2) is 4.98 Å². The number of aryl methyl sites for hydroxylation is 1. The van der Waals surface area contributed by atoms with E-state index in [9.17, 15) is 4.79 Å². The van der Waals surface area contributed by atoms with Gasteiger partial charge < -0.3 is 18.9 Å². The number of imidazole rings is 1. The maximum atomic E-state index is 12.9. The molecule has 6 nitrogen and oxygen atoms in total. The highest BCUT2D eigenvalue weighted by atomic mass is 35.5. The highest BCUT2D eigenvalue weighted by molar-refractivity contribution is 6.30. The predicted molar refractivity (Wildman–Crippen MR) is 134 cm³/mol. The van der Waals surface area contributed by atoms with Crippen LogP contribution in [0.15, 0.2) is 72.8 Å². The van der Waals surface area contributed by atoms with Gasteiger partial charge in [-0.05, 0) is 55.0 Å². The zero-order valence-electron chi connectivity index (χ0n) is 19.0. The first-order valence-electron chi connectivity index (χ1n) is 11.4. The van der Waals surface area contributed by atoms with E-state index in [0.717, 1.165) is 47.0 Å². The molecule has 34 heavy (non-hydrogen) atoms. The van der Waals surface area contributed by atoms with E-state index in [2.05, 4.69) is 10.6 Å². The molecule has 4 aromatic rings. The van der Waals surface area contributed by atoms with Gasteiger partial charge >= 0.3 is 0 Å². The lowest BCUT2D eigenvalue weighted by molar-refractivity contribution is -0.117. The van der Waals surface area contributed by atoms with Crippen molar-refractivity contribution in [2.45, 2.75) is 25.3 Å². The van der Waals surface area contributed by atoms with Crippen LogP contribution in [0.3, 0.4) is 0 Å². The molecule has 1 aromatic heterocycles. The molecule has 7 heteroatoms. The van der Waals surface area contributed by atoms with Crippen LogP contribution in [0.25, 0.3) is 11.0 Å². The second-order valence-corrected chi connectivity index (χ2v) is 8.81. The molecule has 2 heterocycles. The van der Waals surface area contributed by atoms with Gasteiger partial charge in [-0.15, -0.1) is 0 Å². The minimum atomic E-state index is 0.0230. The number of para-hydroxylation sites is 2. The first-order chi connectivity index (χ1) is 16.6. The van der Waals surface area contributed by atoms with Gasteiger partial charge in [-0.1, -0.05) is 29.8 Å². The van der Waals surface area contributed by atoms with Gasteiger partial charge in [0.1, 0.15) is 17.3 Å². The Morgan fingerprint density at radius 1 is 1.03 bits per heavy atom. The number of nitrogens with zero attached hydrogens (tertiary/aromatic N) is 3. The fourth-order valence-electron chi connectivity index (χ4n) is 4.50. The molecule has 0 bridgehead atoms. The molecular formula is C27H26ClN3O3. The number of hydrogen-bond donors (Lipinski definition) is 0. The molecule has 1 aliphatic rings. The fourth-order valence-corrected chi connectivity index (χ4v) is 4.62. The summed E-state index contributed by atoms with van der Waals surface area (Å²) in [4.78, 5) is 19.6. The predicted octanol–water partition coefficient (Wildman–Crippen LogP) is 5.69. The van der Waals surface area contributed by atoms with E-state index >= 15 is 0 Å². The number of anilines is 1. The van der Waals surface area contributed by atoms with Gasteiger partial charge in [0.05, 0.1) is 24.8 Å². The molecular weight excluding hydrogens is 450 g/mol. The lowest BCUT2D eigenvalue weighted by atomic mass is 10.1. The molecule has 5 rings (SSSR count). The molecule has 0 spiro atoms. The molecule has 1 atom stereocenters. The molecule has 1 fully saturated rings. The number of carbonyl (C=O) groups is 1. The van der Waals surface area contributed by atoms with Crippen molar-refractivity contribution in [3.63, 3.8) is 0 Å². The monoisotopic (exact) mass is 475 g/mol. The molecule has 1 aliphatic heterocycles. The third kappa shape index (κ3) is 4.59. The Kier molecular flexibility index (Phi) is 6.41. The fraction of sp³-hybridized carbons (Fsp3) is 0.259. The van der Waals surface area contributed by atoms with E-state index in [1.165, 1.54) is 0 Å². The Morgan fingerprint density at radius 2 is 1.82 bits per heavy atom. The summed E-state index contributed by atoms with van der Waals surface area (Å²) in [7, 11) is 1.65. The Hall–Kier alpha value is -3.51. The van der Waals surface area contributed by atoms with Crippen LogP contribution >= 0.6 is 11.6 Å². The van der Waals surface area contributed by atoms with E-state index in [1.807, 2.05) is 71.6 Å². The standard InChI is InChI=1S/C27H26ClN3O3/c1-33-22-6-4-7-23(17-22)34-15-5-14-30-25-9-3-2-8-24(25)29-27(30)19-16-26(32)31(18-19)21-12-10-20(28)11-13-21/h2-4,6-13,17,19H,5,14-16,18H2,1H3. The molecule has 1 saturated heterocycles. The number of aromatic nitrogens is 2. The third-order valence-electron chi connectivity index (χ3n) is 6.15. The summed E-state index contributed by atoms with van der Waals surface area (Å²) in [5.41, 5.74) is 2.89. The number of amides is 1. The normalized spacial score (nSPS) is 15.8. The van der Waals surface area contributed by atoms with Crippen molar-refractivity contribution < 1.29 is 14.3 Å². The van der Waals surface area contributed by atoms with Gasteiger partial charge in [0, 0.05) is 42.2 Å². The van der Waals surface area contributed by atoms with Gasteiger partial charge in [-0.3, -0.25) is 4.79 Å². The van der Waals surface area contributed by atoms with Crippen LogP contribution in [-0.2, 0) is 11.3 Å². The SMILES string of the molecule is COc1cccc(OCCCn2c(C3CC(=O)N(c4ccc(Cl)cc4)C3)nc3ccccc32)c1. The highest BCUT2D eigenvalue weighted by Crippen LogP contribution is 2.33. The van der Waals surface area contributed by atoms with Crippen LogP contribution < -0.4 is 14.4 Å². The van der Waals surface area contributed by atoms with Crippen molar-refractivity contribution in [2.75, 3.05) is 25.2 Å². The number of rotatable bonds is 8. The van der Waals surface area contributed by atoms with Crippen LogP contribution in [0.5, 0.6) is 11.5 Å². The van der Waals surface area contributed by atoms with Crippen LogP contribution in [0, 0.1) is 0 Å². The van der Waals surface area contributed by atoms with Gasteiger partial charge in [0.2, 0.25) is 5.91 Å². The van der Waals surface area contributed by atoms with Gasteiger partial charge in [0.15, 0.2) is 0 Å². The number of methoxy groups -OCH3 is 1. The Balaban J connectivity index is 1.33. The van der Waals surface area contributed by atoms with Crippen LogP contribution in [0.1, 0.15) is 24.6 Å². The maximum absolute atomic E-state index is 12.9. The van der Waals surface area contributed by atoms with Gasteiger partial charge in [-0.2, -0.15) is 0 Å². The molecule has 1 unspecified atom stereocenters. The maximum Gasteiger partial charge on any atom is 0.227 e. The topological polar surface area (TPSA) is 56.6 Å². The molecule has 3 aromatic carbocycles. The quantitative estimate of drug-likeness (QED) is 0.307. The summed E-state index contributed by atoms with van der Waals surface area (Å²) in [6, 6.07) is 23.2. The summed E-state index contributed by atoms with van der Waals surface area (Å²) in [6.07, 6.45) is 1.25.